The summed E-state index contributed by atoms with van der Waals surface area (Å²) in [6.45, 7) is 3.15. The summed E-state index contributed by atoms with van der Waals surface area (Å²) in [7, 11) is -1.93. The Morgan fingerprint density at radius 2 is 1.67 bits per heavy atom. The maximum Gasteiger partial charge on any atom is 0.243 e. The standard InChI is InChI=1S/C20H25FN2O3S/c1-26-18-8-10-19(11-9-18)27(24,25)23-15-13-22(14-16-23)12-4-6-17-5-2-3-7-20(17)21/h2-3,5,7-11H,4,6,12-16H2,1H3. The van der Waals surface area contributed by atoms with Gasteiger partial charge in [-0.2, -0.15) is 4.31 Å². The second-order valence-electron chi connectivity index (χ2n) is 6.62. The van der Waals surface area contributed by atoms with Crippen molar-refractivity contribution < 1.29 is 17.5 Å². The molecule has 7 heteroatoms. The lowest BCUT2D eigenvalue weighted by atomic mass is 10.1. The lowest BCUT2D eigenvalue weighted by molar-refractivity contribution is 0.186. The van der Waals surface area contributed by atoms with E-state index in [1.165, 1.54) is 10.4 Å². The third-order valence-electron chi connectivity index (χ3n) is 4.91. The van der Waals surface area contributed by atoms with Gasteiger partial charge in [-0.3, -0.25) is 0 Å². The molecule has 5 nitrogen and oxygen atoms in total. The van der Waals surface area contributed by atoms with Gasteiger partial charge in [0.1, 0.15) is 11.6 Å². The summed E-state index contributed by atoms with van der Waals surface area (Å²) in [5.74, 6) is 0.474. The van der Waals surface area contributed by atoms with Crippen LogP contribution in [-0.4, -0.2) is 57.5 Å². The van der Waals surface area contributed by atoms with Crippen molar-refractivity contribution in [2.45, 2.75) is 17.7 Å². The predicted molar refractivity (Wildman–Crippen MR) is 103 cm³/mol. The zero-order chi connectivity index (χ0) is 19.3. The smallest absolute Gasteiger partial charge is 0.243 e. The van der Waals surface area contributed by atoms with Crippen LogP contribution < -0.4 is 4.74 Å². The molecule has 1 fully saturated rings. The van der Waals surface area contributed by atoms with Gasteiger partial charge >= 0.3 is 0 Å². The van der Waals surface area contributed by atoms with Crippen LogP contribution in [0, 0.1) is 5.82 Å². The second kappa shape index (κ2) is 8.82. The van der Waals surface area contributed by atoms with Crippen molar-refractivity contribution in [3.05, 3.63) is 59.9 Å². The molecule has 3 rings (SSSR count). The highest BCUT2D eigenvalue weighted by Gasteiger charge is 2.28. The molecule has 2 aromatic rings. The Balaban J connectivity index is 1.50. The van der Waals surface area contributed by atoms with Crippen molar-refractivity contribution in [3.63, 3.8) is 0 Å². The van der Waals surface area contributed by atoms with Crippen molar-refractivity contribution in [1.82, 2.24) is 9.21 Å². The Morgan fingerprint density at radius 3 is 2.30 bits per heavy atom. The summed E-state index contributed by atoms with van der Waals surface area (Å²) in [5, 5.41) is 0. The number of methoxy groups -OCH3 is 1. The molecule has 1 heterocycles. The lowest BCUT2D eigenvalue weighted by Crippen LogP contribution is -2.48. The van der Waals surface area contributed by atoms with Crippen LogP contribution in [0.15, 0.2) is 53.4 Å². The molecule has 0 aliphatic carbocycles. The van der Waals surface area contributed by atoms with E-state index in [0.29, 0.717) is 38.3 Å². The summed E-state index contributed by atoms with van der Waals surface area (Å²) in [4.78, 5) is 2.53. The van der Waals surface area contributed by atoms with Gasteiger partial charge in [0, 0.05) is 26.2 Å². The number of hydrogen-bond acceptors (Lipinski definition) is 4. The average molecular weight is 392 g/mol. The number of benzene rings is 2. The fourth-order valence-electron chi connectivity index (χ4n) is 3.28. The number of piperazine rings is 1. The zero-order valence-electron chi connectivity index (χ0n) is 15.5. The second-order valence-corrected chi connectivity index (χ2v) is 8.55. The number of aryl methyl sites for hydroxylation is 1. The van der Waals surface area contributed by atoms with Crippen LogP contribution in [-0.2, 0) is 16.4 Å². The van der Waals surface area contributed by atoms with E-state index in [9.17, 15) is 12.8 Å². The molecule has 0 radical (unpaired) electrons. The fraction of sp³-hybridized carbons (Fsp3) is 0.400. The SMILES string of the molecule is COc1ccc(S(=O)(=O)N2CCN(CCCc3ccccc3F)CC2)cc1. The molecule has 0 N–H and O–H groups in total. The van der Waals surface area contributed by atoms with Gasteiger partial charge in [-0.1, -0.05) is 18.2 Å². The molecule has 0 spiro atoms. The van der Waals surface area contributed by atoms with Crippen LogP contribution in [0.1, 0.15) is 12.0 Å². The monoisotopic (exact) mass is 392 g/mol. The summed E-state index contributed by atoms with van der Waals surface area (Å²) in [6.07, 6.45) is 1.54. The van der Waals surface area contributed by atoms with Crippen molar-refractivity contribution in [2.75, 3.05) is 39.8 Å². The van der Waals surface area contributed by atoms with E-state index in [1.807, 2.05) is 12.1 Å². The first-order chi connectivity index (χ1) is 13.0. The molecule has 146 valence electrons. The largest absolute Gasteiger partial charge is 0.497 e. The summed E-state index contributed by atoms with van der Waals surface area (Å²) >= 11 is 0. The molecule has 0 unspecified atom stereocenters. The Hall–Kier alpha value is -1.96. The highest BCUT2D eigenvalue weighted by atomic mass is 32.2. The third-order valence-corrected chi connectivity index (χ3v) is 6.82. The van der Waals surface area contributed by atoms with Gasteiger partial charge in [-0.15, -0.1) is 0 Å². The number of rotatable bonds is 7. The van der Waals surface area contributed by atoms with Crippen molar-refractivity contribution >= 4 is 10.0 Å². The molecule has 0 amide bonds. The first-order valence-electron chi connectivity index (χ1n) is 9.10. The minimum absolute atomic E-state index is 0.159. The average Bonchev–Trinajstić information content (AvgIpc) is 2.70. The van der Waals surface area contributed by atoms with Gasteiger partial charge in [0.2, 0.25) is 10.0 Å². The van der Waals surface area contributed by atoms with Crippen LogP contribution >= 0.6 is 0 Å². The normalized spacial score (nSPS) is 16.4. The van der Waals surface area contributed by atoms with Gasteiger partial charge < -0.3 is 9.64 Å². The molecule has 0 saturated carbocycles. The van der Waals surface area contributed by atoms with E-state index in [2.05, 4.69) is 4.90 Å². The highest BCUT2D eigenvalue weighted by Crippen LogP contribution is 2.21. The van der Waals surface area contributed by atoms with Gasteiger partial charge in [0.25, 0.3) is 0 Å². The maximum absolute atomic E-state index is 13.7. The molecule has 1 aliphatic heterocycles. The fourth-order valence-corrected chi connectivity index (χ4v) is 4.71. The van der Waals surface area contributed by atoms with Crippen LogP contribution in [0.25, 0.3) is 0 Å². The molecule has 1 aliphatic rings. The van der Waals surface area contributed by atoms with Gasteiger partial charge in [0.15, 0.2) is 0 Å². The minimum atomic E-state index is -3.48. The summed E-state index contributed by atoms with van der Waals surface area (Å²) in [6, 6.07) is 13.3. The van der Waals surface area contributed by atoms with Crippen LogP contribution in [0.2, 0.25) is 0 Å². The molecule has 0 aromatic heterocycles. The number of nitrogens with zero attached hydrogens (tertiary/aromatic N) is 2. The number of halogens is 1. The molecular formula is C20H25FN2O3S. The lowest BCUT2D eigenvalue weighted by Gasteiger charge is -2.34. The van der Waals surface area contributed by atoms with Crippen LogP contribution in [0.3, 0.4) is 0 Å². The first-order valence-corrected chi connectivity index (χ1v) is 10.5. The number of hydrogen-bond donors (Lipinski definition) is 0. The third kappa shape index (κ3) is 4.86. The van der Waals surface area contributed by atoms with Crippen molar-refractivity contribution in [3.8, 4) is 5.75 Å². The number of ether oxygens (including phenoxy) is 1. The molecule has 1 saturated heterocycles. The molecule has 0 atom stereocenters. The van der Waals surface area contributed by atoms with Crippen molar-refractivity contribution in [2.24, 2.45) is 0 Å². The molecule has 0 bridgehead atoms. The Labute approximate surface area is 160 Å². The first kappa shape index (κ1) is 19.8. The topological polar surface area (TPSA) is 49.9 Å². The Kier molecular flexibility index (Phi) is 6.46. The van der Waals surface area contributed by atoms with Gasteiger partial charge in [-0.05, 0) is 55.3 Å². The highest BCUT2D eigenvalue weighted by molar-refractivity contribution is 7.89. The Bertz CT molecular complexity index is 848. The van der Waals surface area contributed by atoms with E-state index in [1.54, 1.807) is 37.4 Å². The van der Waals surface area contributed by atoms with Crippen LogP contribution in [0.5, 0.6) is 5.75 Å². The van der Waals surface area contributed by atoms with E-state index in [-0.39, 0.29) is 10.7 Å². The van der Waals surface area contributed by atoms with Gasteiger partial charge in [-0.25, -0.2) is 12.8 Å². The maximum atomic E-state index is 13.7. The van der Waals surface area contributed by atoms with E-state index >= 15 is 0 Å². The van der Waals surface area contributed by atoms with Crippen molar-refractivity contribution in [1.29, 1.82) is 0 Å². The molecule has 2 aromatic carbocycles. The Morgan fingerprint density at radius 1 is 1.00 bits per heavy atom. The minimum Gasteiger partial charge on any atom is -0.497 e. The summed E-state index contributed by atoms with van der Waals surface area (Å²) < 4.78 is 45.8. The molecular weight excluding hydrogens is 367 g/mol. The predicted octanol–water partition coefficient (Wildman–Crippen LogP) is 2.77. The molecule has 27 heavy (non-hydrogen) atoms. The summed E-state index contributed by atoms with van der Waals surface area (Å²) in [5.41, 5.74) is 0.734. The van der Waals surface area contributed by atoms with Gasteiger partial charge in [0.05, 0.1) is 12.0 Å². The van der Waals surface area contributed by atoms with Crippen LogP contribution in [0.4, 0.5) is 4.39 Å². The number of sulfonamides is 1. The van der Waals surface area contributed by atoms with E-state index in [4.69, 9.17) is 4.74 Å². The quantitative estimate of drug-likeness (QED) is 0.727. The van der Waals surface area contributed by atoms with E-state index in [0.717, 1.165) is 18.5 Å². The zero-order valence-corrected chi connectivity index (χ0v) is 16.3. The van der Waals surface area contributed by atoms with E-state index < -0.39 is 10.0 Å².